The maximum atomic E-state index is 13.3. The Bertz CT molecular complexity index is 1080. The lowest BCUT2D eigenvalue weighted by molar-refractivity contribution is -0.122. The molecule has 0 saturated carbocycles. The molecular weight excluding hydrogens is 478 g/mol. The number of unbranched alkanes of at least 4 members (excludes halogenated alkanes) is 4. The molecule has 0 radical (unpaired) electrons. The van der Waals surface area contributed by atoms with Crippen LogP contribution < -0.4 is 10.5 Å². The number of hydrogen-bond donors (Lipinski definition) is 0. The van der Waals surface area contributed by atoms with Crippen molar-refractivity contribution in [3.63, 3.8) is 0 Å². The van der Waals surface area contributed by atoms with Gasteiger partial charge in [0, 0.05) is 44.8 Å². The Balaban J connectivity index is 1.99. The first kappa shape index (κ1) is 27.4. The Kier molecular flexibility index (Phi) is 9.96. The number of anilines is 1. The van der Waals surface area contributed by atoms with Crippen LogP contribution in [-0.2, 0) is 11.3 Å². The van der Waals surface area contributed by atoms with Crippen molar-refractivity contribution >= 4 is 46.1 Å². The highest BCUT2D eigenvalue weighted by Gasteiger charge is 2.33. The summed E-state index contributed by atoms with van der Waals surface area (Å²) in [5, 5.41) is 9.76. The van der Waals surface area contributed by atoms with Crippen molar-refractivity contribution in [2.75, 3.05) is 44.2 Å². The van der Waals surface area contributed by atoms with Crippen molar-refractivity contribution in [3.05, 3.63) is 31.9 Å². The van der Waals surface area contributed by atoms with Gasteiger partial charge in [0.1, 0.15) is 21.8 Å². The Morgan fingerprint density at radius 3 is 2.31 bits per heavy atom. The number of carbonyl (C=O) groups excluding carboxylic acids is 1. The predicted octanol–water partition coefficient (Wildman–Crippen LogP) is 4.36. The van der Waals surface area contributed by atoms with Crippen LogP contribution in [0, 0.1) is 18.3 Å². The first-order valence-electron chi connectivity index (χ1n) is 12.8. The standard InChI is InChI=1S/C26H37N5O2S2/c1-5-8-9-10-11-12-31-25(33)22(35-26(31)34)17-20-19(4)21(18-27)24(32)30(7-3)23(20)29-15-13-28(6-2)14-16-29/h17H,5-16H2,1-4H3. The fraction of sp³-hybridized carbons (Fsp3) is 0.615. The number of likely N-dealkylation sites (N-methyl/N-ethyl adjacent to an activating group) is 1. The third-order valence-electron chi connectivity index (χ3n) is 6.92. The fourth-order valence-electron chi connectivity index (χ4n) is 4.75. The SMILES string of the molecule is CCCCCCCN1C(=O)C(=Cc2c(C)c(C#N)c(=O)n(CC)c2N2CCN(CC)CC2)SC1=S. The van der Waals surface area contributed by atoms with Gasteiger partial charge in [-0.3, -0.25) is 19.1 Å². The number of aromatic nitrogens is 1. The van der Waals surface area contributed by atoms with Crippen LogP contribution in [0.15, 0.2) is 9.70 Å². The number of carbonyl (C=O) groups is 1. The maximum Gasteiger partial charge on any atom is 0.270 e. The van der Waals surface area contributed by atoms with Crippen LogP contribution in [0.2, 0.25) is 0 Å². The highest BCUT2D eigenvalue weighted by Crippen LogP contribution is 2.36. The molecule has 0 aliphatic carbocycles. The molecule has 7 nitrogen and oxygen atoms in total. The number of hydrogen-bond acceptors (Lipinski definition) is 7. The van der Waals surface area contributed by atoms with Crippen LogP contribution in [0.4, 0.5) is 5.82 Å². The third-order valence-corrected chi connectivity index (χ3v) is 8.29. The van der Waals surface area contributed by atoms with Crippen LogP contribution >= 0.6 is 24.0 Å². The number of amides is 1. The molecule has 2 fully saturated rings. The van der Waals surface area contributed by atoms with Gasteiger partial charge in [0.25, 0.3) is 11.5 Å². The molecule has 2 aliphatic rings. The van der Waals surface area contributed by atoms with E-state index in [-0.39, 0.29) is 17.0 Å². The van der Waals surface area contributed by atoms with Gasteiger partial charge in [0.2, 0.25) is 0 Å². The van der Waals surface area contributed by atoms with Crippen molar-refractivity contribution in [1.82, 2.24) is 14.4 Å². The predicted molar refractivity (Wildman–Crippen MR) is 149 cm³/mol. The second-order valence-electron chi connectivity index (χ2n) is 9.07. The number of pyridine rings is 1. The molecule has 0 N–H and O–H groups in total. The number of nitrogens with zero attached hydrogens (tertiary/aromatic N) is 5. The Morgan fingerprint density at radius 1 is 1.03 bits per heavy atom. The van der Waals surface area contributed by atoms with E-state index in [1.165, 1.54) is 31.0 Å². The molecule has 1 aromatic rings. The number of nitriles is 1. The Morgan fingerprint density at radius 2 is 1.71 bits per heavy atom. The van der Waals surface area contributed by atoms with Crippen molar-refractivity contribution < 1.29 is 4.79 Å². The molecule has 0 atom stereocenters. The minimum Gasteiger partial charge on any atom is -0.355 e. The van der Waals surface area contributed by atoms with Crippen LogP contribution in [-0.4, -0.2) is 63.9 Å². The summed E-state index contributed by atoms with van der Waals surface area (Å²) in [5.41, 5.74) is 1.27. The largest absolute Gasteiger partial charge is 0.355 e. The van der Waals surface area contributed by atoms with Gasteiger partial charge < -0.3 is 9.80 Å². The number of rotatable bonds is 10. The fourth-order valence-corrected chi connectivity index (χ4v) is 6.04. The lowest BCUT2D eigenvalue weighted by atomic mass is 10.0. The van der Waals surface area contributed by atoms with Gasteiger partial charge in [-0.2, -0.15) is 5.26 Å². The van der Waals surface area contributed by atoms with Gasteiger partial charge in [-0.25, -0.2) is 0 Å². The molecule has 2 aliphatic heterocycles. The Labute approximate surface area is 218 Å². The molecule has 1 amide bonds. The van der Waals surface area contributed by atoms with E-state index in [1.54, 1.807) is 9.47 Å². The third kappa shape index (κ3) is 5.99. The van der Waals surface area contributed by atoms with Crippen LogP contribution in [0.1, 0.15) is 69.6 Å². The number of thiocarbonyl (C=S) groups is 1. The molecule has 0 bridgehead atoms. The second kappa shape index (κ2) is 12.7. The van der Waals surface area contributed by atoms with Crippen molar-refractivity contribution in [3.8, 4) is 6.07 Å². The Hall–Kier alpha value is -2.15. The normalized spacial score (nSPS) is 18.1. The van der Waals surface area contributed by atoms with E-state index in [4.69, 9.17) is 12.2 Å². The van der Waals surface area contributed by atoms with E-state index in [1.807, 2.05) is 19.9 Å². The average molecular weight is 516 g/mol. The monoisotopic (exact) mass is 515 g/mol. The van der Waals surface area contributed by atoms with Crippen LogP contribution in [0.3, 0.4) is 0 Å². The summed E-state index contributed by atoms with van der Waals surface area (Å²) in [6.07, 6.45) is 7.45. The molecular formula is C26H37N5O2S2. The quantitative estimate of drug-likeness (QED) is 0.260. The molecule has 9 heteroatoms. The topological polar surface area (TPSA) is 72.6 Å². The molecule has 2 saturated heterocycles. The lowest BCUT2D eigenvalue weighted by Gasteiger charge is -2.37. The zero-order valence-electron chi connectivity index (χ0n) is 21.4. The lowest BCUT2D eigenvalue weighted by Crippen LogP contribution is -2.48. The molecule has 0 spiro atoms. The maximum absolute atomic E-state index is 13.3. The summed E-state index contributed by atoms with van der Waals surface area (Å²) < 4.78 is 2.27. The van der Waals surface area contributed by atoms with Crippen LogP contribution in [0.25, 0.3) is 6.08 Å². The van der Waals surface area contributed by atoms with E-state index in [9.17, 15) is 14.9 Å². The zero-order valence-corrected chi connectivity index (χ0v) is 23.1. The van der Waals surface area contributed by atoms with Crippen molar-refractivity contribution in [2.45, 2.75) is 66.3 Å². The van der Waals surface area contributed by atoms with E-state index >= 15 is 0 Å². The van der Waals surface area contributed by atoms with Crippen LogP contribution in [0.5, 0.6) is 0 Å². The second-order valence-corrected chi connectivity index (χ2v) is 10.7. The summed E-state index contributed by atoms with van der Waals surface area (Å²) in [6, 6.07) is 2.11. The van der Waals surface area contributed by atoms with Gasteiger partial charge in [-0.15, -0.1) is 0 Å². The summed E-state index contributed by atoms with van der Waals surface area (Å²) in [6.45, 7) is 13.6. The first-order valence-corrected chi connectivity index (χ1v) is 14.0. The number of piperazine rings is 1. The van der Waals surface area contributed by atoms with E-state index in [0.29, 0.717) is 27.9 Å². The van der Waals surface area contributed by atoms with Gasteiger partial charge in [0.05, 0.1) is 4.91 Å². The molecule has 3 heterocycles. The summed E-state index contributed by atoms with van der Waals surface area (Å²) >= 11 is 6.87. The average Bonchev–Trinajstić information content (AvgIpc) is 3.13. The van der Waals surface area contributed by atoms with Crippen molar-refractivity contribution in [1.29, 1.82) is 5.26 Å². The highest BCUT2D eigenvalue weighted by atomic mass is 32.2. The zero-order chi connectivity index (χ0) is 25.5. The number of thioether (sulfide) groups is 1. The first-order chi connectivity index (χ1) is 16.9. The van der Waals surface area contributed by atoms with Gasteiger partial charge in [-0.1, -0.05) is 63.5 Å². The minimum atomic E-state index is -0.266. The molecule has 35 heavy (non-hydrogen) atoms. The van der Waals surface area contributed by atoms with Gasteiger partial charge in [0.15, 0.2) is 0 Å². The van der Waals surface area contributed by atoms with E-state index in [0.717, 1.165) is 56.9 Å². The summed E-state index contributed by atoms with van der Waals surface area (Å²) in [5.74, 6) is 0.721. The minimum absolute atomic E-state index is 0.0793. The smallest absolute Gasteiger partial charge is 0.270 e. The summed E-state index contributed by atoms with van der Waals surface area (Å²) in [7, 11) is 0. The molecule has 3 rings (SSSR count). The molecule has 0 unspecified atom stereocenters. The van der Waals surface area contributed by atoms with Gasteiger partial charge >= 0.3 is 0 Å². The molecule has 190 valence electrons. The van der Waals surface area contributed by atoms with Gasteiger partial charge in [-0.05, 0) is 38.5 Å². The van der Waals surface area contributed by atoms with E-state index < -0.39 is 0 Å². The molecule has 1 aromatic heterocycles. The van der Waals surface area contributed by atoms with Crippen molar-refractivity contribution in [2.24, 2.45) is 0 Å². The van der Waals surface area contributed by atoms with E-state index in [2.05, 4.69) is 29.7 Å². The highest BCUT2D eigenvalue weighted by molar-refractivity contribution is 8.26. The molecule has 0 aromatic carbocycles. The summed E-state index contributed by atoms with van der Waals surface area (Å²) in [4.78, 5) is 33.3.